The third-order valence-electron chi connectivity index (χ3n) is 6.18. The van der Waals surface area contributed by atoms with Crippen molar-refractivity contribution in [2.75, 3.05) is 19.5 Å². The minimum absolute atomic E-state index is 0.210. The number of hydrogen-bond acceptors (Lipinski definition) is 7. The van der Waals surface area contributed by atoms with E-state index in [0.29, 0.717) is 29.4 Å². The number of aromatic nitrogens is 3. The van der Waals surface area contributed by atoms with Crippen molar-refractivity contribution < 1.29 is 14.3 Å². The highest BCUT2D eigenvalue weighted by Crippen LogP contribution is 2.33. The van der Waals surface area contributed by atoms with E-state index in [2.05, 4.69) is 37.7 Å². The molecule has 0 fully saturated rings. The third kappa shape index (κ3) is 5.54. The number of ether oxygens (including phenoxy) is 2. The predicted octanol–water partition coefficient (Wildman–Crippen LogP) is 5.31. The van der Waals surface area contributed by atoms with Gasteiger partial charge < -0.3 is 20.1 Å². The molecule has 190 valence electrons. The van der Waals surface area contributed by atoms with Crippen molar-refractivity contribution in [2.24, 2.45) is 0 Å². The summed E-state index contributed by atoms with van der Waals surface area (Å²) in [5.74, 6) is 1.60. The van der Waals surface area contributed by atoms with Crippen molar-refractivity contribution in [1.29, 1.82) is 0 Å². The molecule has 0 aliphatic heterocycles. The molecule has 0 saturated heterocycles. The molecule has 0 unspecified atom stereocenters. The molecule has 2 N–H and O–H groups in total. The molecule has 38 heavy (non-hydrogen) atoms. The molecule has 0 aliphatic carbocycles. The number of hydrogen-bond donors (Lipinski definition) is 2. The number of nitrogens with zero attached hydrogens (tertiary/aromatic N) is 3. The van der Waals surface area contributed by atoms with Crippen molar-refractivity contribution in [1.82, 2.24) is 20.3 Å². The van der Waals surface area contributed by atoms with Crippen LogP contribution in [0.3, 0.4) is 0 Å². The van der Waals surface area contributed by atoms with Gasteiger partial charge in [0.15, 0.2) is 11.5 Å². The fourth-order valence-corrected chi connectivity index (χ4v) is 4.21. The van der Waals surface area contributed by atoms with Crippen LogP contribution in [0.15, 0.2) is 91.5 Å². The number of pyridine rings is 3. The molecule has 0 radical (unpaired) electrons. The van der Waals surface area contributed by atoms with Crippen LogP contribution in [0.4, 0.5) is 11.5 Å². The van der Waals surface area contributed by atoms with Crippen molar-refractivity contribution in [2.45, 2.75) is 13.0 Å². The molecule has 3 aromatic heterocycles. The zero-order chi connectivity index (χ0) is 26.3. The number of anilines is 2. The molecule has 8 nitrogen and oxygen atoms in total. The van der Waals surface area contributed by atoms with Crippen LogP contribution < -0.4 is 20.1 Å². The highest BCUT2D eigenvalue weighted by Gasteiger charge is 2.13. The predicted molar refractivity (Wildman–Crippen MR) is 147 cm³/mol. The minimum atomic E-state index is -0.210. The SMILES string of the molecule is COc1cc2nccc(Cc3ccc(Nc4ncccc4C(=O)NCc4cccnc4)cc3)c2cc1OC. The Labute approximate surface area is 220 Å². The number of rotatable bonds is 9. The zero-order valence-electron chi connectivity index (χ0n) is 21.1. The second-order valence-electron chi connectivity index (χ2n) is 8.64. The Morgan fingerprint density at radius 2 is 1.63 bits per heavy atom. The highest BCUT2D eigenvalue weighted by molar-refractivity contribution is 5.99. The number of fused-ring (bicyclic) bond motifs is 1. The van der Waals surface area contributed by atoms with Crippen molar-refractivity contribution >= 4 is 28.3 Å². The zero-order valence-corrected chi connectivity index (χ0v) is 21.1. The van der Waals surface area contributed by atoms with Gasteiger partial charge in [-0.3, -0.25) is 14.8 Å². The summed E-state index contributed by atoms with van der Waals surface area (Å²) in [6, 6.07) is 21.2. The van der Waals surface area contributed by atoms with Gasteiger partial charge in [0.25, 0.3) is 5.91 Å². The molecule has 0 spiro atoms. The van der Waals surface area contributed by atoms with E-state index >= 15 is 0 Å². The molecule has 2 aromatic carbocycles. The van der Waals surface area contributed by atoms with Gasteiger partial charge in [-0.25, -0.2) is 4.98 Å². The van der Waals surface area contributed by atoms with Crippen molar-refractivity contribution in [3.63, 3.8) is 0 Å². The molecule has 3 heterocycles. The average Bonchev–Trinajstić information content (AvgIpc) is 2.97. The van der Waals surface area contributed by atoms with Gasteiger partial charge in [-0.05, 0) is 65.6 Å². The van der Waals surface area contributed by atoms with Crippen molar-refractivity contribution in [3.8, 4) is 11.5 Å². The molecule has 0 bridgehead atoms. The maximum atomic E-state index is 12.8. The Hall–Kier alpha value is -4.98. The lowest BCUT2D eigenvalue weighted by atomic mass is 10.0. The van der Waals surface area contributed by atoms with E-state index in [0.717, 1.165) is 39.7 Å². The van der Waals surface area contributed by atoms with E-state index < -0.39 is 0 Å². The lowest BCUT2D eigenvalue weighted by Gasteiger charge is -2.13. The molecule has 5 aromatic rings. The van der Waals surface area contributed by atoms with Crippen LogP contribution in [0.2, 0.25) is 0 Å². The maximum absolute atomic E-state index is 12.8. The highest BCUT2D eigenvalue weighted by atomic mass is 16.5. The van der Waals surface area contributed by atoms with Crippen LogP contribution in [-0.2, 0) is 13.0 Å². The molecule has 0 saturated carbocycles. The van der Waals surface area contributed by atoms with E-state index in [4.69, 9.17) is 9.47 Å². The lowest BCUT2D eigenvalue weighted by molar-refractivity contribution is 0.0951. The summed E-state index contributed by atoms with van der Waals surface area (Å²) >= 11 is 0. The summed E-state index contributed by atoms with van der Waals surface area (Å²) in [5.41, 5.74) is 5.34. The minimum Gasteiger partial charge on any atom is -0.493 e. The van der Waals surface area contributed by atoms with Gasteiger partial charge in [0, 0.05) is 48.5 Å². The fraction of sp³-hybridized carbons (Fsp3) is 0.133. The summed E-state index contributed by atoms with van der Waals surface area (Å²) in [4.78, 5) is 25.8. The number of amides is 1. The monoisotopic (exact) mass is 505 g/mol. The van der Waals surface area contributed by atoms with E-state index in [9.17, 15) is 4.79 Å². The normalized spacial score (nSPS) is 10.7. The summed E-state index contributed by atoms with van der Waals surface area (Å²) in [5, 5.41) is 7.22. The molecule has 0 atom stereocenters. The van der Waals surface area contributed by atoms with Crippen LogP contribution >= 0.6 is 0 Å². The number of carbonyl (C=O) groups excluding carboxylic acids is 1. The molecular formula is C30H27N5O3. The van der Waals surface area contributed by atoms with Gasteiger partial charge in [-0.15, -0.1) is 0 Å². The first-order valence-corrected chi connectivity index (χ1v) is 12.1. The van der Waals surface area contributed by atoms with Gasteiger partial charge in [0.05, 0.1) is 25.3 Å². The van der Waals surface area contributed by atoms with Gasteiger partial charge in [0.2, 0.25) is 0 Å². The fourth-order valence-electron chi connectivity index (χ4n) is 4.21. The molecule has 5 rings (SSSR count). The van der Waals surface area contributed by atoms with E-state index in [1.165, 1.54) is 0 Å². The number of benzene rings is 2. The number of carbonyl (C=O) groups is 1. The first kappa shape index (κ1) is 24.7. The second kappa shape index (κ2) is 11.4. The first-order chi connectivity index (χ1) is 18.6. The summed E-state index contributed by atoms with van der Waals surface area (Å²) in [7, 11) is 3.24. The van der Waals surface area contributed by atoms with Gasteiger partial charge in [-0.2, -0.15) is 0 Å². The molecule has 0 aliphatic rings. The quantitative estimate of drug-likeness (QED) is 0.280. The van der Waals surface area contributed by atoms with Crippen molar-refractivity contribution in [3.05, 3.63) is 114 Å². The number of methoxy groups -OCH3 is 2. The molecule has 8 heteroatoms. The summed E-state index contributed by atoms with van der Waals surface area (Å²) < 4.78 is 10.9. The Bertz CT molecular complexity index is 1560. The Morgan fingerprint density at radius 1 is 0.842 bits per heavy atom. The largest absolute Gasteiger partial charge is 0.493 e. The van der Waals surface area contributed by atoms with Gasteiger partial charge >= 0.3 is 0 Å². The Kier molecular flexibility index (Phi) is 7.40. The lowest BCUT2D eigenvalue weighted by Crippen LogP contribution is -2.24. The van der Waals surface area contributed by atoms with Crippen LogP contribution in [0.5, 0.6) is 11.5 Å². The topological polar surface area (TPSA) is 98.3 Å². The maximum Gasteiger partial charge on any atom is 0.255 e. The number of nitrogens with one attached hydrogen (secondary N) is 2. The summed E-state index contributed by atoms with van der Waals surface area (Å²) in [6.07, 6.45) is 7.62. The molecular weight excluding hydrogens is 478 g/mol. The van der Waals surface area contributed by atoms with Crippen LogP contribution in [0.25, 0.3) is 10.9 Å². The summed E-state index contributed by atoms with van der Waals surface area (Å²) in [6.45, 7) is 0.387. The average molecular weight is 506 g/mol. The van der Waals surface area contributed by atoms with Crippen LogP contribution in [0, 0.1) is 0 Å². The van der Waals surface area contributed by atoms with E-state index in [-0.39, 0.29) is 5.91 Å². The second-order valence-corrected chi connectivity index (χ2v) is 8.64. The molecule has 1 amide bonds. The van der Waals surface area contributed by atoms with Crippen LogP contribution in [0.1, 0.15) is 27.0 Å². The Morgan fingerprint density at radius 3 is 2.39 bits per heavy atom. The van der Waals surface area contributed by atoms with Gasteiger partial charge in [-0.1, -0.05) is 18.2 Å². The van der Waals surface area contributed by atoms with E-state index in [1.54, 1.807) is 44.9 Å². The van der Waals surface area contributed by atoms with Crippen LogP contribution in [-0.4, -0.2) is 35.1 Å². The van der Waals surface area contributed by atoms with Gasteiger partial charge in [0.1, 0.15) is 5.82 Å². The first-order valence-electron chi connectivity index (χ1n) is 12.1. The third-order valence-corrected chi connectivity index (χ3v) is 6.18. The Balaban J connectivity index is 1.30. The smallest absolute Gasteiger partial charge is 0.255 e. The van der Waals surface area contributed by atoms with E-state index in [1.807, 2.05) is 48.7 Å². The standard InChI is InChI=1S/C30H27N5O3/c1-37-27-16-25-22(11-14-32-26(25)17-28(27)38-2)15-20-7-9-23(10-8-20)35-29-24(6-4-13-33-29)30(36)34-19-21-5-3-12-31-18-21/h3-14,16-18H,15,19H2,1-2H3,(H,33,35)(H,34,36).